The van der Waals surface area contributed by atoms with Crippen molar-refractivity contribution in [3.8, 4) is 11.8 Å². The number of fused-ring (bicyclic) bond motifs is 1. The number of rotatable bonds is 1. The van der Waals surface area contributed by atoms with Crippen LogP contribution in [0.5, 0.6) is 0 Å². The number of Topliss-reactive ketones (excluding diaryl/α,β-unsaturated/α-hetero) is 1. The van der Waals surface area contributed by atoms with Gasteiger partial charge in [-0.25, -0.2) is 0 Å². The average molecular weight is 282 g/mol. The predicted molar refractivity (Wildman–Crippen MR) is 83.5 cm³/mol. The van der Waals surface area contributed by atoms with E-state index in [9.17, 15) is 4.79 Å². The van der Waals surface area contributed by atoms with Crippen LogP contribution in [0.25, 0.3) is 0 Å². The molecule has 3 nitrogen and oxygen atoms in total. The van der Waals surface area contributed by atoms with E-state index in [0.29, 0.717) is 30.7 Å². The highest BCUT2D eigenvalue weighted by atomic mass is 16.1. The molecule has 1 saturated carbocycles. The number of nitrogens with one attached hydrogen (secondary N) is 1. The second-order valence-corrected chi connectivity index (χ2v) is 6.13. The van der Waals surface area contributed by atoms with Gasteiger partial charge in [0.05, 0.1) is 0 Å². The number of hydrogen-bond acceptors (Lipinski definition) is 3. The van der Waals surface area contributed by atoms with Gasteiger partial charge in [-0.3, -0.25) is 4.79 Å². The predicted octanol–water partition coefficient (Wildman–Crippen LogP) is 1.71. The van der Waals surface area contributed by atoms with E-state index in [0.717, 1.165) is 24.8 Å². The van der Waals surface area contributed by atoms with Gasteiger partial charge in [0.1, 0.15) is 5.78 Å². The van der Waals surface area contributed by atoms with Crippen molar-refractivity contribution in [1.29, 1.82) is 0 Å². The normalized spacial score (nSPS) is 32.0. The van der Waals surface area contributed by atoms with Crippen molar-refractivity contribution in [2.24, 2.45) is 17.6 Å². The van der Waals surface area contributed by atoms with Crippen molar-refractivity contribution >= 4 is 5.78 Å². The zero-order valence-corrected chi connectivity index (χ0v) is 12.2. The van der Waals surface area contributed by atoms with Crippen LogP contribution in [-0.4, -0.2) is 24.4 Å². The Morgan fingerprint density at radius 3 is 2.81 bits per heavy atom. The molecule has 0 amide bonds. The number of carbonyl (C=O) groups is 1. The van der Waals surface area contributed by atoms with Crippen molar-refractivity contribution in [3.63, 3.8) is 0 Å². The molecule has 1 aromatic rings. The van der Waals surface area contributed by atoms with E-state index in [-0.39, 0.29) is 12.0 Å². The third-order valence-corrected chi connectivity index (χ3v) is 4.64. The summed E-state index contributed by atoms with van der Waals surface area (Å²) >= 11 is 0. The van der Waals surface area contributed by atoms with Crippen LogP contribution in [0.2, 0.25) is 0 Å². The third-order valence-electron chi connectivity index (χ3n) is 4.64. The smallest absolute Gasteiger partial charge is 0.139 e. The summed E-state index contributed by atoms with van der Waals surface area (Å²) in [5.74, 6) is 7.46. The third kappa shape index (κ3) is 3.34. The van der Waals surface area contributed by atoms with Gasteiger partial charge in [0.15, 0.2) is 0 Å². The Hall–Kier alpha value is -1.63. The van der Waals surface area contributed by atoms with E-state index in [1.165, 1.54) is 0 Å². The lowest BCUT2D eigenvalue weighted by molar-refractivity contribution is -0.127. The molecule has 0 bridgehead atoms. The molecule has 110 valence electrons. The molecule has 4 atom stereocenters. The zero-order valence-electron chi connectivity index (χ0n) is 12.2. The summed E-state index contributed by atoms with van der Waals surface area (Å²) in [4.78, 5) is 12.3. The minimum absolute atomic E-state index is 0.136. The van der Waals surface area contributed by atoms with Crippen LogP contribution in [0.4, 0.5) is 0 Å². The standard InChI is InChI=1S/C18H22N2O/c19-12-15-11-18(21)16-10-14(8-9-17(16)20-15)7-6-13-4-2-1-3-5-13/h1-5,14-17,20H,8-12,19H2. The highest BCUT2D eigenvalue weighted by Gasteiger charge is 2.39. The highest BCUT2D eigenvalue weighted by molar-refractivity contribution is 5.83. The Morgan fingerprint density at radius 1 is 1.24 bits per heavy atom. The van der Waals surface area contributed by atoms with Gasteiger partial charge in [-0.15, -0.1) is 0 Å². The Labute approximate surface area is 126 Å². The summed E-state index contributed by atoms with van der Waals surface area (Å²) in [6, 6.07) is 10.5. The Balaban J connectivity index is 1.65. The van der Waals surface area contributed by atoms with Gasteiger partial charge in [0.2, 0.25) is 0 Å². The summed E-state index contributed by atoms with van der Waals surface area (Å²) in [7, 11) is 0. The van der Waals surface area contributed by atoms with Crippen molar-refractivity contribution in [2.75, 3.05) is 6.54 Å². The molecule has 3 rings (SSSR count). The maximum atomic E-state index is 12.3. The largest absolute Gasteiger partial charge is 0.329 e. The van der Waals surface area contributed by atoms with Crippen LogP contribution < -0.4 is 11.1 Å². The highest BCUT2D eigenvalue weighted by Crippen LogP contribution is 2.33. The van der Waals surface area contributed by atoms with Crippen LogP contribution >= 0.6 is 0 Å². The van der Waals surface area contributed by atoms with Gasteiger partial charge >= 0.3 is 0 Å². The van der Waals surface area contributed by atoms with E-state index >= 15 is 0 Å². The molecule has 0 aromatic heterocycles. The lowest BCUT2D eigenvalue weighted by Gasteiger charge is -2.40. The fourth-order valence-electron chi connectivity index (χ4n) is 3.47. The topological polar surface area (TPSA) is 55.1 Å². The van der Waals surface area contributed by atoms with Crippen LogP contribution in [-0.2, 0) is 4.79 Å². The van der Waals surface area contributed by atoms with E-state index in [4.69, 9.17) is 5.73 Å². The molecule has 1 heterocycles. The van der Waals surface area contributed by atoms with E-state index in [2.05, 4.69) is 17.2 Å². The van der Waals surface area contributed by atoms with E-state index in [1.807, 2.05) is 30.3 Å². The number of carbonyl (C=O) groups excluding carboxylic acids is 1. The second-order valence-electron chi connectivity index (χ2n) is 6.13. The van der Waals surface area contributed by atoms with Crippen LogP contribution in [0.15, 0.2) is 30.3 Å². The average Bonchev–Trinajstić information content (AvgIpc) is 2.54. The maximum absolute atomic E-state index is 12.3. The SMILES string of the molecule is NCC1CC(=O)C2CC(C#Cc3ccccc3)CCC2N1. The Kier molecular flexibility index (Phi) is 4.38. The van der Waals surface area contributed by atoms with Gasteiger partial charge in [0, 0.05) is 42.4 Å². The molecule has 1 aromatic carbocycles. The molecule has 1 aliphatic heterocycles. The quantitative estimate of drug-likeness (QED) is 0.771. The lowest BCUT2D eigenvalue weighted by atomic mass is 9.72. The molecule has 0 spiro atoms. The van der Waals surface area contributed by atoms with Gasteiger partial charge in [-0.1, -0.05) is 30.0 Å². The Morgan fingerprint density at radius 2 is 2.05 bits per heavy atom. The lowest BCUT2D eigenvalue weighted by Crippen LogP contribution is -2.56. The molecule has 4 unspecified atom stereocenters. The van der Waals surface area contributed by atoms with E-state index < -0.39 is 0 Å². The first-order chi connectivity index (χ1) is 10.3. The van der Waals surface area contributed by atoms with Gasteiger partial charge in [0.25, 0.3) is 0 Å². The summed E-state index contributed by atoms with van der Waals surface area (Å²) in [5.41, 5.74) is 6.74. The second kappa shape index (κ2) is 6.43. The van der Waals surface area contributed by atoms with Gasteiger partial charge < -0.3 is 11.1 Å². The molecule has 3 N–H and O–H groups in total. The molecule has 2 aliphatic rings. The van der Waals surface area contributed by atoms with E-state index in [1.54, 1.807) is 0 Å². The van der Waals surface area contributed by atoms with Crippen molar-refractivity contribution in [3.05, 3.63) is 35.9 Å². The summed E-state index contributed by atoms with van der Waals surface area (Å²) in [5, 5.41) is 3.54. The van der Waals surface area contributed by atoms with Crippen LogP contribution in [0.3, 0.4) is 0 Å². The maximum Gasteiger partial charge on any atom is 0.139 e. The number of nitrogens with two attached hydrogens (primary N) is 1. The summed E-state index contributed by atoms with van der Waals surface area (Å²) in [6.07, 6.45) is 3.57. The monoisotopic (exact) mass is 282 g/mol. The van der Waals surface area contributed by atoms with Crippen LogP contribution in [0.1, 0.15) is 31.2 Å². The molecule has 1 saturated heterocycles. The molecular formula is C18H22N2O. The Bertz CT molecular complexity index is 558. The fraction of sp³-hybridized carbons (Fsp3) is 0.500. The summed E-state index contributed by atoms with van der Waals surface area (Å²) < 4.78 is 0. The zero-order chi connectivity index (χ0) is 14.7. The minimum atomic E-state index is 0.136. The number of piperidine rings is 1. The van der Waals surface area contributed by atoms with Gasteiger partial charge in [-0.2, -0.15) is 0 Å². The first-order valence-electron chi connectivity index (χ1n) is 7.81. The number of ketones is 1. The number of benzene rings is 1. The number of hydrogen-bond donors (Lipinski definition) is 2. The molecule has 2 fully saturated rings. The molecular weight excluding hydrogens is 260 g/mol. The first-order valence-corrected chi connectivity index (χ1v) is 7.81. The van der Waals surface area contributed by atoms with Crippen LogP contribution in [0, 0.1) is 23.7 Å². The molecule has 1 aliphatic carbocycles. The fourth-order valence-corrected chi connectivity index (χ4v) is 3.47. The van der Waals surface area contributed by atoms with Gasteiger partial charge in [-0.05, 0) is 31.4 Å². The molecule has 0 radical (unpaired) electrons. The van der Waals surface area contributed by atoms with Crippen molar-refractivity contribution < 1.29 is 4.79 Å². The molecule has 21 heavy (non-hydrogen) atoms. The van der Waals surface area contributed by atoms with Crippen molar-refractivity contribution in [2.45, 2.75) is 37.8 Å². The van der Waals surface area contributed by atoms with Crippen molar-refractivity contribution in [1.82, 2.24) is 5.32 Å². The summed E-state index contributed by atoms with van der Waals surface area (Å²) in [6.45, 7) is 0.548. The molecule has 3 heteroatoms. The minimum Gasteiger partial charge on any atom is -0.329 e. The first kappa shape index (κ1) is 14.3.